The third kappa shape index (κ3) is 39.0. The Morgan fingerprint density at radius 3 is 0.812 bits per heavy atom. The van der Waals surface area contributed by atoms with Gasteiger partial charge in [-0.3, -0.25) is 21.3 Å². The predicted molar refractivity (Wildman–Crippen MR) is 409 cm³/mol. The first-order chi connectivity index (χ1) is 49.1. The van der Waals surface area contributed by atoms with Gasteiger partial charge in [-0.2, -0.15) is 0 Å². The number of benzene rings is 5. The smallest absolute Gasteiger partial charge is 0.411 e. The summed E-state index contributed by atoms with van der Waals surface area (Å²) in [5.41, 5.74) is 6.02. The van der Waals surface area contributed by atoms with E-state index in [2.05, 4.69) is 63.8 Å². The molecule has 2 aliphatic rings. The van der Waals surface area contributed by atoms with Crippen LogP contribution in [-0.4, -0.2) is 87.0 Å². The first-order valence-electron chi connectivity index (χ1n) is 36.6. The molecule has 7 rings (SSSR count). The molecule has 2 aliphatic carbocycles. The molecule has 12 amide bonds. The van der Waals surface area contributed by atoms with Crippen LogP contribution in [0.2, 0.25) is 0 Å². The average molecular weight is 1400 g/mol. The highest BCUT2D eigenvalue weighted by Gasteiger charge is 2.28. The van der Waals surface area contributed by atoms with E-state index >= 15 is 0 Å². The molecule has 2 fully saturated rings. The van der Waals surface area contributed by atoms with Gasteiger partial charge >= 0.3 is 48.5 Å². The van der Waals surface area contributed by atoms with E-state index in [9.17, 15) is 38.4 Å². The number of hydrogen-bond donors (Lipinski definition) is 12. The number of unbranched alkanes of at least 4 members (excludes halogenated alkanes) is 4. The number of amides is 12. The van der Waals surface area contributed by atoms with Gasteiger partial charge in [-0.05, 0) is 179 Å². The molecule has 0 saturated heterocycles. The fourth-order valence-electron chi connectivity index (χ4n) is 10.4. The maximum Gasteiger partial charge on any atom is 0.411 e. The van der Waals surface area contributed by atoms with Crippen molar-refractivity contribution < 1.29 is 57.3 Å². The SMILES string of the molecule is CC.CC.CC.CC.CCCCOC(=O)Nc1cccc(NC(=O)NC2CCC(CC3CCC(NC(=O)Nc4cccc(NC(=O)OCCCC)c4)CC3)CC2)c1.CCCCOC(=O)Nc1cccc(NC(=O)NCc2cccc(CNC(=O)Nc3cccc(NC(=O)OCCCC)c3)c2)c1. The molecule has 24 heteroatoms. The average Bonchev–Trinajstić information content (AvgIpc) is 0.938. The fraction of sp³-hybridized carbons (Fsp3) is 0.506. The molecular formula is C77H118N12O12. The number of nitrogens with one attached hydrogen (secondary N) is 12. The van der Waals surface area contributed by atoms with Crippen LogP contribution in [0.25, 0.3) is 0 Å². The monoisotopic (exact) mass is 1400 g/mol. The Hall–Kier alpha value is -9.74. The van der Waals surface area contributed by atoms with Crippen LogP contribution in [0.4, 0.5) is 83.9 Å². The number of carbonyl (C=O) groups excluding carboxylic acids is 8. The third-order valence-corrected chi connectivity index (χ3v) is 15.3. The van der Waals surface area contributed by atoms with Crippen molar-refractivity contribution in [1.29, 1.82) is 0 Å². The lowest BCUT2D eigenvalue weighted by Gasteiger charge is -2.34. The zero-order valence-corrected chi connectivity index (χ0v) is 62.0. The largest absolute Gasteiger partial charge is 0.449 e. The summed E-state index contributed by atoms with van der Waals surface area (Å²) in [6, 6.07) is 34.0. The minimum Gasteiger partial charge on any atom is -0.449 e. The molecule has 0 radical (unpaired) electrons. The van der Waals surface area contributed by atoms with Gasteiger partial charge in [0.1, 0.15) is 0 Å². The van der Waals surface area contributed by atoms with Crippen LogP contribution in [0.1, 0.15) is 203 Å². The summed E-state index contributed by atoms with van der Waals surface area (Å²) in [7, 11) is 0. The Balaban J connectivity index is 0.000000628. The van der Waals surface area contributed by atoms with E-state index in [1.165, 1.54) is 6.42 Å². The van der Waals surface area contributed by atoms with Crippen molar-refractivity contribution in [3.8, 4) is 0 Å². The Kier molecular flexibility index (Phi) is 46.8. The summed E-state index contributed by atoms with van der Waals surface area (Å²) >= 11 is 0. The predicted octanol–water partition coefficient (Wildman–Crippen LogP) is 20.0. The van der Waals surface area contributed by atoms with Crippen LogP contribution in [0.15, 0.2) is 121 Å². The summed E-state index contributed by atoms with van der Waals surface area (Å²) < 4.78 is 20.5. The maximum absolute atomic E-state index is 12.7. The number of anilines is 8. The quantitative estimate of drug-likeness (QED) is 0.0164. The lowest BCUT2D eigenvalue weighted by atomic mass is 9.75. The molecule has 0 unspecified atom stereocenters. The van der Waals surface area contributed by atoms with E-state index < -0.39 is 36.4 Å². The van der Waals surface area contributed by atoms with Crippen molar-refractivity contribution >= 4 is 94.0 Å². The van der Waals surface area contributed by atoms with Crippen molar-refractivity contribution in [2.75, 3.05) is 69.0 Å². The summed E-state index contributed by atoms with van der Waals surface area (Å²) in [5.74, 6) is 1.31. The van der Waals surface area contributed by atoms with Crippen molar-refractivity contribution in [3.63, 3.8) is 0 Å². The first kappa shape index (κ1) is 87.3. The molecule has 0 bridgehead atoms. The number of ether oxygens (including phenoxy) is 4. The van der Waals surface area contributed by atoms with Gasteiger partial charge in [0, 0.05) is 70.7 Å². The Morgan fingerprint density at radius 1 is 0.317 bits per heavy atom. The van der Waals surface area contributed by atoms with E-state index in [1.54, 1.807) is 97.1 Å². The highest BCUT2D eigenvalue weighted by molar-refractivity contribution is 5.94. The molecule has 0 spiro atoms. The van der Waals surface area contributed by atoms with Gasteiger partial charge in [0.25, 0.3) is 0 Å². The van der Waals surface area contributed by atoms with Gasteiger partial charge in [0.05, 0.1) is 26.4 Å². The molecule has 0 atom stereocenters. The summed E-state index contributed by atoms with van der Waals surface area (Å²) in [4.78, 5) is 98.0. The molecule has 24 nitrogen and oxygen atoms in total. The third-order valence-electron chi connectivity index (χ3n) is 15.3. The Morgan fingerprint density at radius 2 is 0.554 bits per heavy atom. The zero-order valence-electron chi connectivity index (χ0n) is 62.0. The molecule has 5 aromatic rings. The van der Waals surface area contributed by atoms with Crippen LogP contribution in [0, 0.1) is 11.8 Å². The van der Waals surface area contributed by atoms with Gasteiger partial charge in [0.15, 0.2) is 0 Å². The number of rotatable bonds is 28. The normalized spacial score (nSPS) is 14.5. The van der Waals surface area contributed by atoms with Gasteiger partial charge < -0.3 is 61.5 Å². The molecular weight excluding hydrogens is 1280 g/mol. The fourth-order valence-corrected chi connectivity index (χ4v) is 10.4. The lowest BCUT2D eigenvalue weighted by Crippen LogP contribution is -2.41. The van der Waals surface area contributed by atoms with E-state index in [1.807, 2.05) is 107 Å². The van der Waals surface area contributed by atoms with Crippen LogP contribution in [0.3, 0.4) is 0 Å². The molecule has 101 heavy (non-hydrogen) atoms. The zero-order chi connectivity index (χ0) is 74.4. The number of urea groups is 4. The van der Waals surface area contributed by atoms with Gasteiger partial charge in [-0.1, -0.05) is 157 Å². The Labute approximate surface area is 600 Å². The van der Waals surface area contributed by atoms with Crippen LogP contribution >= 0.6 is 0 Å². The van der Waals surface area contributed by atoms with Gasteiger partial charge in [-0.15, -0.1) is 0 Å². The molecule has 2 saturated carbocycles. The standard InChI is InChI=1S/C37H54N6O6.C32H40N6O6.4C2H6/c1-3-5-21-48-36(46)42-32-11-7-9-30(24-32)40-34(44)38-28-17-13-26(14-18-28)23-27-15-19-29(20-16-27)39-35(45)41-31-10-8-12-33(25-31)43-37(47)49-22-6-4-2;1-3-5-16-43-31(41)37-27-14-8-12-25(19-27)35-29(39)33-21-23-10-7-11-24(18-23)22-34-30(40)36-26-13-9-15-28(20-26)38-32(42)44-17-6-4-2;4*1-2/h7-12,24-29H,3-6,13-23H2,1-2H3,(H,42,46)(H,43,47)(H2,38,40,44)(H2,39,41,45);7-15,18-20H,3-6,16-17,21-22H2,1-2H3,(H,37,41)(H,38,42)(H2,33,35,39)(H2,34,36,40);4*1-2H3. The van der Waals surface area contributed by atoms with E-state index in [0.29, 0.717) is 83.8 Å². The molecule has 558 valence electrons. The molecule has 0 heterocycles. The number of carbonyl (C=O) groups is 8. The molecule has 5 aromatic carbocycles. The second-order valence-corrected chi connectivity index (χ2v) is 23.1. The Bertz CT molecular complexity index is 2970. The van der Waals surface area contributed by atoms with E-state index in [-0.39, 0.29) is 37.2 Å². The van der Waals surface area contributed by atoms with Crippen molar-refractivity contribution in [2.45, 2.75) is 217 Å². The van der Waals surface area contributed by atoms with Crippen LogP contribution in [0.5, 0.6) is 0 Å². The van der Waals surface area contributed by atoms with Gasteiger partial charge in [-0.25, -0.2) is 38.4 Å². The summed E-state index contributed by atoms with van der Waals surface area (Å²) in [6.45, 7) is 26.0. The highest BCUT2D eigenvalue weighted by atomic mass is 16.6. The van der Waals surface area contributed by atoms with E-state index in [0.717, 1.165) is 114 Å². The topological polar surface area (TPSA) is 318 Å². The second-order valence-electron chi connectivity index (χ2n) is 23.1. The van der Waals surface area contributed by atoms with Gasteiger partial charge in [0.2, 0.25) is 0 Å². The highest BCUT2D eigenvalue weighted by Crippen LogP contribution is 2.36. The minimum atomic E-state index is -0.546. The summed E-state index contributed by atoms with van der Waals surface area (Å²) in [6.07, 6.45) is 14.2. The molecule has 0 aromatic heterocycles. The van der Waals surface area contributed by atoms with Crippen molar-refractivity contribution in [2.24, 2.45) is 11.8 Å². The number of hydrogen-bond acceptors (Lipinski definition) is 12. The lowest BCUT2D eigenvalue weighted by molar-refractivity contribution is 0.159. The second kappa shape index (κ2) is 54.1. The molecule has 0 aliphatic heterocycles. The first-order valence-corrected chi connectivity index (χ1v) is 36.6. The van der Waals surface area contributed by atoms with Crippen molar-refractivity contribution in [3.05, 3.63) is 132 Å². The van der Waals surface area contributed by atoms with Crippen LogP contribution in [-0.2, 0) is 32.0 Å². The van der Waals surface area contributed by atoms with Crippen molar-refractivity contribution in [1.82, 2.24) is 21.3 Å². The van der Waals surface area contributed by atoms with Crippen LogP contribution < -0.4 is 63.8 Å². The summed E-state index contributed by atoms with van der Waals surface area (Å²) in [5, 5.41) is 33.8. The maximum atomic E-state index is 12.7. The minimum absolute atomic E-state index is 0.139. The molecule has 12 N–H and O–H groups in total. The van der Waals surface area contributed by atoms with E-state index in [4.69, 9.17) is 18.9 Å².